The van der Waals surface area contributed by atoms with Gasteiger partial charge in [0.15, 0.2) is 11.5 Å². The third kappa shape index (κ3) is 2.61. The van der Waals surface area contributed by atoms with E-state index in [4.69, 9.17) is 18.9 Å². The standard InChI is InChI=1S/C16H16N2O4/c1-19-13-7-10(8-14(20-2)15(13)21-3)11-5-6-18-16(22-4)12(11)9-17/h5-8H,1-4H3. The fourth-order valence-corrected chi connectivity index (χ4v) is 2.18. The Morgan fingerprint density at radius 2 is 1.59 bits per heavy atom. The van der Waals surface area contributed by atoms with Crippen molar-refractivity contribution in [1.29, 1.82) is 5.26 Å². The van der Waals surface area contributed by atoms with Crippen LogP contribution >= 0.6 is 0 Å². The summed E-state index contributed by atoms with van der Waals surface area (Å²) in [5, 5.41) is 9.39. The van der Waals surface area contributed by atoms with Crippen LogP contribution in [0.3, 0.4) is 0 Å². The number of ether oxygens (including phenoxy) is 4. The average Bonchev–Trinajstić information content (AvgIpc) is 2.59. The van der Waals surface area contributed by atoms with E-state index >= 15 is 0 Å². The molecule has 1 heterocycles. The van der Waals surface area contributed by atoms with E-state index in [1.165, 1.54) is 14.2 Å². The molecule has 22 heavy (non-hydrogen) atoms. The zero-order chi connectivity index (χ0) is 16.1. The van der Waals surface area contributed by atoms with Gasteiger partial charge in [0.1, 0.15) is 11.6 Å². The van der Waals surface area contributed by atoms with Gasteiger partial charge in [0.05, 0.1) is 28.4 Å². The van der Waals surface area contributed by atoms with Crippen LogP contribution < -0.4 is 18.9 Å². The summed E-state index contributed by atoms with van der Waals surface area (Å²) in [5.41, 5.74) is 1.76. The zero-order valence-electron chi connectivity index (χ0n) is 12.8. The topological polar surface area (TPSA) is 73.6 Å². The number of methoxy groups -OCH3 is 4. The summed E-state index contributed by atoms with van der Waals surface area (Å²) in [6.45, 7) is 0. The molecular weight excluding hydrogens is 284 g/mol. The maximum atomic E-state index is 9.39. The molecular formula is C16H16N2O4. The van der Waals surface area contributed by atoms with Gasteiger partial charge in [-0.2, -0.15) is 5.26 Å². The maximum Gasteiger partial charge on any atom is 0.232 e. The van der Waals surface area contributed by atoms with Gasteiger partial charge in [-0.3, -0.25) is 0 Å². The number of benzene rings is 1. The lowest BCUT2D eigenvalue weighted by Crippen LogP contribution is -1.98. The molecule has 0 bridgehead atoms. The van der Waals surface area contributed by atoms with E-state index in [1.807, 2.05) is 0 Å². The van der Waals surface area contributed by atoms with Crippen LogP contribution in [0.1, 0.15) is 5.56 Å². The van der Waals surface area contributed by atoms with E-state index < -0.39 is 0 Å². The summed E-state index contributed by atoms with van der Waals surface area (Å²) >= 11 is 0. The molecule has 0 fully saturated rings. The Labute approximate surface area is 128 Å². The minimum atomic E-state index is 0.272. The molecule has 0 N–H and O–H groups in total. The number of pyridine rings is 1. The number of aromatic nitrogens is 1. The van der Waals surface area contributed by atoms with Gasteiger partial charge in [0.2, 0.25) is 11.6 Å². The van der Waals surface area contributed by atoms with E-state index in [0.717, 1.165) is 5.56 Å². The molecule has 0 unspecified atom stereocenters. The molecule has 1 aromatic heterocycles. The molecule has 2 rings (SSSR count). The van der Waals surface area contributed by atoms with Crippen LogP contribution in [0.5, 0.6) is 23.1 Å². The number of rotatable bonds is 5. The second-order valence-electron chi connectivity index (χ2n) is 4.27. The minimum absolute atomic E-state index is 0.272. The average molecular weight is 300 g/mol. The molecule has 0 spiro atoms. The van der Waals surface area contributed by atoms with Crippen molar-refractivity contribution in [2.75, 3.05) is 28.4 Å². The highest BCUT2D eigenvalue weighted by atomic mass is 16.5. The summed E-state index contributed by atoms with van der Waals surface area (Å²) in [4.78, 5) is 4.04. The quantitative estimate of drug-likeness (QED) is 0.845. The molecule has 0 radical (unpaired) electrons. The Bertz CT molecular complexity index is 698. The molecule has 0 aliphatic carbocycles. The number of hydrogen-bond acceptors (Lipinski definition) is 6. The molecule has 114 valence electrons. The van der Waals surface area contributed by atoms with Gasteiger partial charge in [0.25, 0.3) is 0 Å². The van der Waals surface area contributed by atoms with Crippen LogP contribution in [-0.4, -0.2) is 33.4 Å². The molecule has 0 atom stereocenters. The van der Waals surface area contributed by atoms with Crippen molar-refractivity contribution < 1.29 is 18.9 Å². The number of hydrogen-bond donors (Lipinski definition) is 0. The smallest absolute Gasteiger partial charge is 0.232 e. The van der Waals surface area contributed by atoms with Gasteiger partial charge < -0.3 is 18.9 Å². The van der Waals surface area contributed by atoms with Crippen LogP contribution in [-0.2, 0) is 0 Å². The van der Waals surface area contributed by atoms with Gasteiger partial charge in [-0.15, -0.1) is 0 Å². The Morgan fingerprint density at radius 3 is 2.05 bits per heavy atom. The third-order valence-corrected chi connectivity index (χ3v) is 3.20. The monoisotopic (exact) mass is 300 g/mol. The van der Waals surface area contributed by atoms with Gasteiger partial charge in [-0.05, 0) is 23.8 Å². The van der Waals surface area contributed by atoms with Gasteiger partial charge in [-0.1, -0.05) is 0 Å². The van der Waals surface area contributed by atoms with E-state index in [-0.39, 0.29) is 5.88 Å². The first-order valence-corrected chi connectivity index (χ1v) is 6.43. The normalized spacial score (nSPS) is 9.77. The summed E-state index contributed by atoms with van der Waals surface area (Å²) in [5.74, 6) is 1.79. The highest BCUT2D eigenvalue weighted by molar-refractivity contribution is 5.76. The fraction of sp³-hybridized carbons (Fsp3) is 0.250. The van der Waals surface area contributed by atoms with E-state index in [1.54, 1.807) is 38.6 Å². The molecule has 0 aliphatic heterocycles. The SMILES string of the molecule is COc1cc(-c2ccnc(OC)c2C#N)cc(OC)c1OC. The predicted octanol–water partition coefficient (Wildman–Crippen LogP) is 2.65. The first-order valence-electron chi connectivity index (χ1n) is 6.43. The van der Waals surface area contributed by atoms with Gasteiger partial charge in [-0.25, -0.2) is 4.98 Å². The molecule has 6 nitrogen and oxygen atoms in total. The van der Waals surface area contributed by atoms with Crippen molar-refractivity contribution >= 4 is 0 Å². The van der Waals surface area contributed by atoms with Gasteiger partial charge >= 0.3 is 0 Å². The largest absolute Gasteiger partial charge is 0.493 e. The molecule has 6 heteroatoms. The second kappa shape index (κ2) is 6.68. The van der Waals surface area contributed by atoms with Crippen LogP contribution in [0.15, 0.2) is 24.4 Å². The van der Waals surface area contributed by atoms with Crippen molar-refractivity contribution in [3.05, 3.63) is 30.0 Å². The first kappa shape index (κ1) is 15.4. The Morgan fingerprint density at radius 1 is 0.955 bits per heavy atom. The fourth-order valence-electron chi connectivity index (χ4n) is 2.18. The third-order valence-electron chi connectivity index (χ3n) is 3.20. The van der Waals surface area contributed by atoms with Crippen molar-refractivity contribution in [3.8, 4) is 40.3 Å². The molecule has 0 aliphatic rings. The first-order chi connectivity index (χ1) is 10.7. The lowest BCUT2D eigenvalue weighted by atomic mass is 10.0. The van der Waals surface area contributed by atoms with Gasteiger partial charge in [0, 0.05) is 11.8 Å². The van der Waals surface area contributed by atoms with E-state index in [9.17, 15) is 5.26 Å². The van der Waals surface area contributed by atoms with Crippen molar-refractivity contribution in [2.24, 2.45) is 0 Å². The summed E-state index contributed by atoms with van der Waals surface area (Å²) in [7, 11) is 6.09. The maximum absolute atomic E-state index is 9.39. The van der Waals surface area contributed by atoms with Crippen molar-refractivity contribution in [2.45, 2.75) is 0 Å². The zero-order valence-corrected chi connectivity index (χ0v) is 12.8. The van der Waals surface area contributed by atoms with E-state index in [0.29, 0.717) is 28.4 Å². The van der Waals surface area contributed by atoms with Crippen LogP contribution in [0.2, 0.25) is 0 Å². The molecule has 0 saturated heterocycles. The second-order valence-corrected chi connectivity index (χ2v) is 4.27. The lowest BCUT2D eigenvalue weighted by Gasteiger charge is -2.15. The molecule has 2 aromatic rings. The summed E-state index contributed by atoms with van der Waals surface area (Å²) < 4.78 is 21.1. The minimum Gasteiger partial charge on any atom is -0.493 e. The van der Waals surface area contributed by atoms with Crippen LogP contribution in [0.25, 0.3) is 11.1 Å². The molecule has 0 amide bonds. The number of nitrogens with zero attached hydrogens (tertiary/aromatic N) is 2. The van der Waals surface area contributed by atoms with E-state index in [2.05, 4.69) is 11.1 Å². The van der Waals surface area contributed by atoms with Crippen LogP contribution in [0, 0.1) is 11.3 Å². The van der Waals surface area contributed by atoms with Crippen molar-refractivity contribution in [1.82, 2.24) is 4.98 Å². The lowest BCUT2D eigenvalue weighted by molar-refractivity contribution is 0.324. The Kier molecular flexibility index (Phi) is 4.69. The van der Waals surface area contributed by atoms with Crippen molar-refractivity contribution in [3.63, 3.8) is 0 Å². The highest BCUT2D eigenvalue weighted by Crippen LogP contribution is 2.42. The Balaban J connectivity index is 2.71. The predicted molar refractivity (Wildman–Crippen MR) is 80.6 cm³/mol. The van der Waals surface area contributed by atoms with Crippen LogP contribution in [0.4, 0.5) is 0 Å². The summed E-state index contributed by atoms with van der Waals surface area (Å²) in [6, 6.07) is 7.40. The molecule has 1 aromatic carbocycles. The highest BCUT2D eigenvalue weighted by Gasteiger charge is 2.17. The molecule has 0 saturated carbocycles. The number of nitriles is 1. The summed E-state index contributed by atoms with van der Waals surface area (Å²) in [6.07, 6.45) is 1.58. The Hall–Kier alpha value is -2.94.